The number of ether oxygens (including phenoxy) is 1. The number of anilines is 1. The maximum absolute atomic E-state index is 13.7. The Bertz CT molecular complexity index is 1200. The number of carbonyl (C=O) groups excluding carboxylic acids is 1. The van der Waals surface area contributed by atoms with E-state index in [9.17, 15) is 4.79 Å². The third kappa shape index (κ3) is 5.42. The van der Waals surface area contributed by atoms with E-state index in [0.29, 0.717) is 24.6 Å². The molecule has 33 heavy (non-hydrogen) atoms. The number of benzene rings is 3. The van der Waals surface area contributed by atoms with Crippen LogP contribution in [0.3, 0.4) is 0 Å². The number of hydrogen-bond acceptors (Lipinski definition) is 4. The standard InChI is InChI=1S/C28H30N2O2S/c1-4-5-18-32-23-16-14-22(15-17-23)27(31)30(19-21-10-7-6-8-11-21)28-29-26-24(20(2)3)12-9-13-25(26)33-28/h6-17,20H,4-5,18-19H2,1-3H3. The van der Waals surface area contributed by atoms with Gasteiger partial charge in [-0.15, -0.1) is 0 Å². The van der Waals surface area contributed by atoms with Crippen molar-refractivity contribution in [3.05, 3.63) is 89.5 Å². The van der Waals surface area contributed by atoms with Crippen LogP contribution < -0.4 is 9.64 Å². The quantitative estimate of drug-likeness (QED) is 0.245. The first kappa shape index (κ1) is 23.0. The molecule has 1 aromatic heterocycles. The number of rotatable bonds is 9. The minimum atomic E-state index is -0.0656. The summed E-state index contributed by atoms with van der Waals surface area (Å²) in [5.41, 5.74) is 3.87. The van der Waals surface area contributed by atoms with Crippen molar-refractivity contribution >= 4 is 32.6 Å². The third-order valence-electron chi connectivity index (χ3n) is 5.59. The molecule has 0 aliphatic carbocycles. The van der Waals surface area contributed by atoms with Crippen molar-refractivity contribution in [3.8, 4) is 5.75 Å². The number of nitrogens with zero attached hydrogens (tertiary/aromatic N) is 2. The zero-order valence-electron chi connectivity index (χ0n) is 19.5. The van der Waals surface area contributed by atoms with Gasteiger partial charge in [0.25, 0.3) is 5.91 Å². The molecule has 0 spiro atoms. The highest BCUT2D eigenvalue weighted by atomic mass is 32.1. The lowest BCUT2D eigenvalue weighted by Crippen LogP contribution is -2.30. The van der Waals surface area contributed by atoms with Crippen LogP contribution in [0.25, 0.3) is 10.2 Å². The average molecular weight is 459 g/mol. The van der Waals surface area contributed by atoms with E-state index in [1.807, 2.05) is 54.6 Å². The van der Waals surface area contributed by atoms with Gasteiger partial charge in [0.1, 0.15) is 5.75 Å². The monoisotopic (exact) mass is 458 g/mol. The topological polar surface area (TPSA) is 42.4 Å². The summed E-state index contributed by atoms with van der Waals surface area (Å²) in [5, 5.41) is 0.718. The summed E-state index contributed by atoms with van der Waals surface area (Å²) in [7, 11) is 0. The molecule has 0 saturated heterocycles. The first-order chi connectivity index (χ1) is 16.1. The van der Waals surface area contributed by atoms with Crippen LogP contribution in [0.4, 0.5) is 5.13 Å². The molecular weight excluding hydrogens is 428 g/mol. The summed E-state index contributed by atoms with van der Waals surface area (Å²) >= 11 is 1.57. The number of aromatic nitrogens is 1. The van der Waals surface area contributed by atoms with Gasteiger partial charge in [0.15, 0.2) is 5.13 Å². The highest BCUT2D eigenvalue weighted by Crippen LogP contribution is 2.34. The Morgan fingerprint density at radius 1 is 1.00 bits per heavy atom. The summed E-state index contributed by atoms with van der Waals surface area (Å²) < 4.78 is 6.86. The predicted molar refractivity (Wildman–Crippen MR) is 138 cm³/mol. The molecule has 0 atom stereocenters. The van der Waals surface area contributed by atoms with Crippen LogP contribution in [0.5, 0.6) is 5.75 Å². The lowest BCUT2D eigenvalue weighted by Gasteiger charge is -2.20. The van der Waals surface area contributed by atoms with E-state index in [0.717, 1.165) is 39.5 Å². The molecule has 0 N–H and O–H groups in total. The second kappa shape index (κ2) is 10.6. The lowest BCUT2D eigenvalue weighted by molar-refractivity contribution is 0.0985. The van der Waals surface area contributed by atoms with Crippen molar-refractivity contribution in [3.63, 3.8) is 0 Å². The zero-order chi connectivity index (χ0) is 23.2. The second-order valence-corrected chi connectivity index (χ2v) is 9.46. The SMILES string of the molecule is CCCCOc1ccc(C(=O)N(Cc2ccccc2)c2nc3c(C(C)C)cccc3s2)cc1. The average Bonchev–Trinajstić information content (AvgIpc) is 3.27. The summed E-state index contributed by atoms with van der Waals surface area (Å²) in [6.45, 7) is 7.63. The highest BCUT2D eigenvalue weighted by Gasteiger charge is 2.23. The molecule has 0 unspecified atom stereocenters. The molecule has 4 nitrogen and oxygen atoms in total. The largest absolute Gasteiger partial charge is 0.494 e. The van der Waals surface area contributed by atoms with Crippen molar-refractivity contribution in [1.82, 2.24) is 4.98 Å². The number of unbranched alkanes of at least 4 members (excludes halogenated alkanes) is 1. The molecule has 3 aromatic carbocycles. The van der Waals surface area contributed by atoms with Gasteiger partial charge >= 0.3 is 0 Å². The number of amides is 1. The number of carbonyl (C=O) groups is 1. The van der Waals surface area contributed by atoms with Gasteiger partial charge in [0.05, 0.1) is 23.4 Å². The number of thiazole rings is 1. The molecule has 170 valence electrons. The van der Waals surface area contributed by atoms with Gasteiger partial charge in [-0.3, -0.25) is 9.69 Å². The second-order valence-electron chi connectivity index (χ2n) is 8.45. The van der Waals surface area contributed by atoms with E-state index in [-0.39, 0.29) is 5.91 Å². The fourth-order valence-corrected chi connectivity index (χ4v) is 4.71. The number of para-hydroxylation sites is 1. The fourth-order valence-electron chi connectivity index (χ4n) is 3.72. The first-order valence-electron chi connectivity index (χ1n) is 11.5. The molecule has 0 radical (unpaired) electrons. The van der Waals surface area contributed by atoms with Crippen LogP contribution in [0.2, 0.25) is 0 Å². The minimum Gasteiger partial charge on any atom is -0.494 e. The smallest absolute Gasteiger partial charge is 0.260 e. The van der Waals surface area contributed by atoms with Gasteiger partial charge in [0, 0.05) is 5.56 Å². The maximum atomic E-state index is 13.7. The zero-order valence-corrected chi connectivity index (χ0v) is 20.3. The Labute approximate surface area is 199 Å². The summed E-state index contributed by atoms with van der Waals surface area (Å²) in [6.07, 6.45) is 2.10. The summed E-state index contributed by atoms with van der Waals surface area (Å²) in [6, 6.07) is 23.8. The molecular formula is C28H30N2O2S. The third-order valence-corrected chi connectivity index (χ3v) is 6.63. The van der Waals surface area contributed by atoms with Crippen molar-refractivity contribution in [2.45, 2.75) is 46.1 Å². The number of hydrogen-bond donors (Lipinski definition) is 0. The normalized spacial score (nSPS) is 11.2. The van der Waals surface area contributed by atoms with Gasteiger partial charge in [-0.05, 0) is 53.8 Å². The predicted octanol–water partition coefficient (Wildman–Crippen LogP) is 7.45. The van der Waals surface area contributed by atoms with E-state index in [1.165, 1.54) is 5.56 Å². The molecule has 1 amide bonds. The van der Waals surface area contributed by atoms with Crippen LogP contribution in [0, 0.1) is 0 Å². The van der Waals surface area contributed by atoms with E-state index in [4.69, 9.17) is 9.72 Å². The molecule has 0 bridgehead atoms. The van der Waals surface area contributed by atoms with E-state index in [1.54, 1.807) is 16.2 Å². The lowest BCUT2D eigenvalue weighted by atomic mass is 10.0. The molecule has 0 fully saturated rings. The molecule has 5 heteroatoms. The molecule has 0 saturated carbocycles. The van der Waals surface area contributed by atoms with Gasteiger partial charge in [0.2, 0.25) is 0 Å². The van der Waals surface area contributed by atoms with Gasteiger partial charge in [-0.2, -0.15) is 0 Å². The summed E-state index contributed by atoms with van der Waals surface area (Å²) in [5.74, 6) is 1.09. The Morgan fingerprint density at radius 3 is 2.45 bits per heavy atom. The van der Waals surface area contributed by atoms with Crippen molar-refractivity contribution < 1.29 is 9.53 Å². The summed E-state index contributed by atoms with van der Waals surface area (Å²) in [4.78, 5) is 20.4. The van der Waals surface area contributed by atoms with Gasteiger partial charge < -0.3 is 4.74 Å². The van der Waals surface area contributed by atoms with Crippen molar-refractivity contribution in [2.24, 2.45) is 0 Å². The molecule has 1 heterocycles. The maximum Gasteiger partial charge on any atom is 0.260 e. The minimum absolute atomic E-state index is 0.0656. The van der Waals surface area contributed by atoms with Gasteiger partial charge in [-0.25, -0.2) is 4.98 Å². The van der Waals surface area contributed by atoms with E-state index < -0.39 is 0 Å². The van der Waals surface area contributed by atoms with Crippen LogP contribution in [-0.2, 0) is 6.54 Å². The fraction of sp³-hybridized carbons (Fsp3) is 0.286. The Balaban J connectivity index is 1.67. The van der Waals surface area contributed by atoms with E-state index >= 15 is 0 Å². The molecule has 4 aromatic rings. The van der Waals surface area contributed by atoms with Crippen molar-refractivity contribution in [1.29, 1.82) is 0 Å². The Hall–Kier alpha value is -3.18. The van der Waals surface area contributed by atoms with Crippen molar-refractivity contribution in [2.75, 3.05) is 11.5 Å². The highest BCUT2D eigenvalue weighted by molar-refractivity contribution is 7.22. The van der Waals surface area contributed by atoms with E-state index in [2.05, 4.69) is 39.0 Å². The number of fused-ring (bicyclic) bond motifs is 1. The van der Waals surface area contributed by atoms with Crippen LogP contribution in [0.1, 0.15) is 61.0 Å². The molecule has 0 aliphatic rings. The van der Waals surface area contributed by atoms with Crippen LogP contribution >= 0.6 is 11.3 Å². The van der Waals surface area contributed by atoms with Gasteiger partial charge in [-0.1, -0.05) is 81.0 Å². The first-order valence-corrected chi connectivity index (χ1v) is 12.4. The van der Waals surface area contributed by atoms with Crippen LogP contribution in [0.15, 0.2) is 72.8 Å². The molecule has 0 aliphatic heterocycles. The molecule has 4 rings (SSSR count). The Kier molecular flexibility index (Phi) is 7.40. The Morgan fingerprint density at radius 2 is 1.76 bits per heavy atom. The van der Waals surface area contributed by atoms with Crippen LogP contribution in [-0.4, -0.2) is 17.5 Å².